The summed E-state index contributed by atoms with van der Waals surface area (Å²) in [6.45, 7) is 3.14. The summed E-state index contributed by atoms with van der Waals surface area (Å²) in [6.07, 6.45) is 0.898. The molecule has 2 rings (SSSR count). The minimum absolute atomic E-state index is 0.204. The summed E-state index contributed by atoms with van der Waals surface area (Å²) in [5.41, 5.74) is 1.02. The van der Waals surface area contributed by atoms with Crippen LogP contribution < -0.4 is 10.1 Å². The van der Waals surface area contributed by atoms with Crippen LogP contribution in [0.15, 0.2) is 12.1 Å². The summed E-state index contributed by atoms with van der Waals surface area (Å²) in [6, 6.07) is 3.81. The lowest BCUT2D eigenvalue weighted by molar-refractivity contribution is 0.256. The predicted molar refractivity (Wildman–Crippen MR) is 70.8 cm³/mol. The van der Waals surface area contributed by atoms with E-state index in [1.54, 1.807) is 6.07 Å². The van der Waals surface area contributed by atoms with E-state index in [2.05, 4.69) is 17.2 Å². The molecule has 0 saturated carbocycles. The Bertz CT molecular complexity index is 476. The van der Waals surface area contributed by atoms with Crippen molar-refractivity contribution in [3.8, 4) is 17.6 Å². The van der Waals surface area contributed by atoms with Crippen molar-refractivity contribution in [3.63, 3.8) is 0 Å². The first-order valence-corrected chi connectivity index (χ1v) is 6.22. The first-order chi connectivity index (χ1) is 8.22. The first kappa shape index (κ1) is 12.6. The van der Waals surface area contributed by atoms with E-state index in [-0.39, 0.29) is 6.04 Å². The van der Waals surface area contributed by atoms with Gasteiger partial charge in [0, 0.05) is 23.0 Å². The van der Waals surface area contributed by atoms with Crippen LogP contribution in [0.5, 0.6) is 5.75 Å². The van der Waals surface area contributed by atoms with Crippen LogP contribution in [0, 0.1) is 11.8 Å². The zero-order chi connectivity index (χ0) is 12.3. The highest BCUT2D eigenvalue weighted by Crippen LogP contribution is 2.39. The minimum atomic E-state index is 0.204. The van der Waals surface area contributed by atoms with Crippen molar-refractivity contribution in [2.45, 2.75) is 19.4 Å². The molecule has 1 atom stereocenters. The Hall–Kier alpha value is -0.880. The maximum absolute atomic E-state index is 6.11. The van der Waals surface area contributed by atoms with E-state index in [1.165, 1.54) is 0 Å². The standard InChI is InChI=1S/C13H13Cl2NO/c1-2-3-5-16-12-4-6-17-13-10(12)7-9(14)8-11(13)15/h7-8,12,16H,4-6H2,1H3. The van der Waals surface area contributed by atoms with Crippen LogP contribution in [0.4, 0.5) is 0 Å². The van der Waals surface area contributed by atoms with Gasteiger partial charge in [0.05, 0.1) is 18.2 Å². The molecule has 0 saturated heterocycles. The molecule has 1 unspecified atom stereocenters. The van der Waals surface area contributed by atoms with Crippen LogP contribution in [0.25, 0.3) is 0 Å². The number of ether oxygens (including phenoxy) is 1. The number of nitrogens with one attached hydrogen (secondary N) is 1. The lowest BCUT2D eigenvalue weighted by atomic mass is 10.0. The van der Waals surface area contributed by atoms with Crippen molar-refractivity contribution in [2.24, 2.45) is 0 Å². The van der Waals surface area contributed by atoms with Crippen LogP contribution in [0.2, 0.25) is 10.0 Å². The molecule has 0 amide bonds. The molecule has 0 aromatic heterocycles. The van der Waals surface area contributed by atoms with Crippen molar-refractivity contribution in [2.75, 3.05) is 13.2 Å². The topological polar surface area (TPSA) is 21.3 Å². The summed E-state index contributed by atoms with van der Waals surface area (Å²) in [5.74, 6) is 6.59. The van der Waals surface area contributed by atoms with Gasteiger partial charge in [-0.1, -0.05) is 29.1 Å². The molecule has 1 aliphatic rings. The van der Waals surface area contributed by atoms with Gasteiger partial charge in [0.15, 0.2) is 0 Å². The van der Waals surface area contributed by atoms with Crippen LogP contribution in [0.3, 0.4) is 0 Å². The Morgan fingerprint density at radius 1 is 1.47 bits per heavy atom. The quantitative estimate of drug-likeness (QED) is 0.831. The Kier molecular flexibility index (Phi) is 4.17. The third kappa shape index (κ3) is 2.87. The smallest absolute Gasteiger partial charge is 0.142 e. The summed E-state index contributed by atoms with van der Waals surface area (Å²) < 4.78 is 5.58. The van der Waals surface area contributed by atoms with Gasteiger partial charge >= 0.3 is 0 Å². The van der Waals surface area contributed by atoms with Crippen molar-refractivity contribution in [1.82, 2.24) is 5.32 Å². The van der Waals surface area contributed by atoms with E-state index < -0.39 is 0 Å². The molecule has 0 spiro atoms. The Balaban J connectivity index is 2.26. The summed E-state index contributed by atoms with van der Waals surface area (Å²) in [7, 11) is 0. The lowest BCUT2D eigenvalue weighted by Crippen LogP contribution is -2.27. The van der Waals surface area contributed by atoms with E-state index >= 15 is 0 Å². The molecule has 1 aromatic carbocycles. The lowest BCUT2D eigenvalue weighted by Gasteiger charge is -2.27. The second kappa shape index (κ2) is 5.64. The molecule has 0 bridgehead atoms. The number of hydrogen-bond acceptors (Lipinski definition) is 2. The highest BCUT2D eigenvalue weighted by Gasteiger charge is 2.23. The molecule has 1 aromatic rings. The van der Waals surface area contributed by atoms with Gasteiger partial charge in [0.25, 0.3) is 0 Å². The minimum Gasteiger partial charge on any atom is -0.492 e. The SMILES string of the molecule is CC#CCNC1CCOc2c(Cl)cc(Cl)cc21. The fourth-order valence-electron chi connectivity index (χ4n) is 1.90. The van der Waals surface area contributed by atoms with E-state index in [1.807, 2.05) is 13.0 Å². The van der Waals surface area contributed by atoms with Crippen LogP contribution >= 0.6 is 23.2 Å². The molecular weight excluding hydrogens is 257 g/mol. The first-order valence-electron chi connectivity index (χ1n) is 5.47. The van der Waals surface area contributed by atoms with Gasteiger partial charge in [-0.05, 0) is 19.1 Å². The Labute approximate surface area is 111 Å². The van der Waals surface area contributed by atoms with Crippen LogP contribution in [0.1, 0.15) is 24.9 Å². The molecule has 0 fully saturated rings. The van der Waals surface area contributed by atoms with Gasteiger partial charge < -0.3 is 4.74 Å². The molecule has 1 N–H and O–H groups in total. The largest absolute Gasteiger partial charge is 0.492 e. The van der Waals surface area contributed by atoms with E-state index in [4.69, 9.17) is 27.9 Å². The number of halogens is 2. The zero-order valence-electron chi connectivity index (χ0n) is 9.52. The zero-order valence-corrected chi connectivity index (χ0v) is 11.0. The van der Waals surface area contributed by atoms with Gasteiger partial charge in [-0.2, -0.15) is 0 Å². The van der Waals surface area contributed by atoms with Gasteiger partial charge in [-0.15, -0.1) is 5.92 Å². The molecule has 90 valence electrons. The number of fused-ring (bicyclic) bond motifs is 1. The number of hydrogen-bond donors (Lipinski definition) is 1. The molecule has 2 nitrogen and oxygen atoms in total. The molecule has 4 heteroatoms. The van der Waals surface area contributed by atoms with Gasteiger partial charge in [-0.25, -0.2) is 0 Å². The number of benzene rings is 1. The van der Waals surface area contributed by atoms with Crippen molar-refractivity contribution in [1.29, 1.82) is 0 Å². The van der Waals surface area contributed by atoms with Crippen molar-refractivity contribution in [3.05, 3.63) is 27.7 Å². The van der Waals surface area contributed by atoms with E-state index in [9.17, 15) is 0 Å². The monoisotopic (exact) mass is 269 g/mol. The van der Waals surface area contributed by atoms with Crippen LogP contribution in [-0.4, -0.2) is 13.2 Å². The molecule has 17 heavy (non-hydrogen) atoms. The number of rotatable bonds is 2. The summed E-state index contributed by atoms with van der Waals surface area (Å²) >= 11 is 12.1. The molecule has 1 heterocycles. The second-order valence-electron chi connectivity index (χ2n) is 3.80. The molecular formula is C13H13Cl2NO. The van der Waals surface area contributed by atoms with E-state index in [0.717, 1.165) is 17.7 Å². The maximum Gasteiger partial charge on any atom is 0.142 e. The highest BCUT2D eigenvalue weighted by molar-refractivity contribution is 6.35. The van der Waals surface area contributed by atoms with Crippen LogP contribution in [-0.2, 0) is 0 Å². The summed E-state index contributed by atoms with van der Waals surface area (Å²) in [5, 5.41) is 4.56. The second-order valence-corrected chi connectivity index (χ2v) is 4.65. The fourth-order valence-corrected chi connectivity index (χ4v) is 2.46. The normalized spacial score (nSPS) is 17.7. The molecule has 1 aliphatic heterocycles. The van der Waals surface area contributed by atoms with Crippen molar-refractivity contribution < 1.29 is 4.74 Å². The van der Waals surface area contributed by atoms with Gasteiger partial charge in [-0.3, -0.25) is 5.32 Å². The average Bonchev–Trinajstić information content (AvgIpc) is 2.30. The van der Waals surface area contributed by atoms with Crippen molar-refractivity contribution >= 4 is 23.2 Å². The molecule has 0 radical (unpaired) electrons. The molecule has 0 aliphatic carbocycles. The third-order valence-corrected chi connectivity index (χ3v) is 3.18. The maximum atomic E-state index is 6.11. The van der Waals surface area contributed by atoms with Gasteiger partial charge in [0.1, 0.15) is 5.75 Å². The Morgan fingerprint density at radius 2 is 2.29 bits per heavy atom. The fraction of sp³-hybridized carbons (Fsp3) is 0.385. The third-order valence-electron chi connectivity index (χ3n) is 2.68. The summed E-state index contributed by atoms with van der Waals surface area (Å²) in [4.78, 5) is 0. The van der Waals surface area contributed by atoms with E-state index in [0.29, 0.717) is 23.2 Å². The highest BCUT2D eigenvalue weighted by atomic mass is 35.5. The average molecular weight is 270 g/mol. The predicted octanol–water partition coefficient (Wildman–Crippen LogP) is 3.43. The Morgan fingerprint density at radius 3 is 3.06 bits per heavy atom. The van der Waals surface area contributed by atoms with Gasteiger partial charge in [0.2, 0.25) is 0 Å².